The second kappa shape index (κ2) is 12.1. The molecule has 5 rings (SSSR count). The minimum atomic E-state index is -4.64. The fourth-order valence-corrected chi connectivity index (χ4v) is 5.63. The number of nitrogens with one attached hydrogen (secondary N) is 2. The Balaban J connectivity index is 1.59. The van der Waals surface area contributed by atoms with Gasteiger partial charge >= 0.3 is 6.18 Å². The number of aromatic nitrogens is 4. The Hall–Kier alpha value is -4.00. The van der Waals surface area contributed by atoms with Crippen molar-refractivity contribution in [2.24, 2.45) is 0 Å². The molecule has 0 radical (unpaired) electrons. The molecule has 42 heavy (non-hydrogen) atoms. The van der Waals surface area contributed by atoms with E-state index in [2.05, 4.69) is 21.8 Å². The van der Waals surface area contributed by atoms with Crippen LogP contribution in [-0.2, 0) is 23.9 Å². The molecule has 0 saturated carbocycles. The number of benzene rings is 1. The number of hydrogen-bond acceptors (Lipinski definition) is 7. The topological polar surface area (TPSA) is 114 Å². The lowest BCUT2D eigenvalue weighted by Gasteiger charge is -2.31. The maximum absolute atomic E-state index is 13.9. The maximum atomic E-state index is 13.9. The van der Waals surface area contributed by atoms with Gasteiger partial charge in [-0.3, -0.25) is 14.4 Å². The van der Waals surface area contributed by atoms with Crippen molar-refractivity contribution in [1.82, 2.24) is 24.5 Å². The van der Waals surface area contributed by atoms with Crippen LogP contribution in [0.2, 0.25) is 0 Å². The van der Waals surface area contributed by atoms with Crippen molar-refractivity contribution < 1.29 is 22.8 Å². The molecule has 0 atom stereocenters. The van der Waals surface area contributed by atoms with Gasteiger partial charge in [-0.25, -0.2) is 0 Å². The summed E-state index contributed by atoms with van der Waals surface area (Å²) >= 11 is 0. The van der Waals surface area contributed by atoms with Gasteiger partial charge in [0.15, 0.2) is 11.6 Å². The zero-order valence-corrected chi connectivity index (χ0v) is 23.7. The third kappa shape index (κ3) is 5.96. The first-order chi connectivity index (χ1) is 20.1. The number of amides is 1. The molecule has 1 aliphatic carbocycles. The van der Waals surface area contributed by atoms with Gasteiger partial charge < -0.3 is 20.1 Å². The first-order valence-corrected chi connectivity index (χ1v) is 14.3. The normalized spacial score (nSPS) is 16.3. The molecule has 2 aliphatic rings. The molecule has 1 aliphatic heterocycles. The summed E-state index contributed by atoms with van der Waals surface area (Å²) < 4.78 is 42.7. The van der Waals surface area contributed by atoms with Crippen molar-refractivity contribution in [2.45, 2.75) is 65.1 Å². The fourth-order valence-electron chi connectivity index (χ4n) is 5.63. The summed E-state index contributed by atoms with van der Waals surface area (Å²) in [7, 11) is 0. The number of ketones is 1. The molecule has 10 nitrogen and oxygen atoms in total. The van der Waals surface area contributed by atoms with Crippen LogP contribution in [0.15, 0.2) is 29.1 Å². The molecule has 1 fully saturated rings. The lowest BCUT2D eigenvalue weighted by molar-refractivity contribution is -0.137. The van der Waals surface area contributed by atoms with Crippen molar-refractivity contribution in [3.63, 3.8) is 0 Å². The molecule has 0 unspecified atom stereocenters. The van der Waals surface area contributed by atoms with Crippen LogP contribution in [0.25, 0.3) is 11.4 Å². The van der Waals surface area contributed by atoms with E-state index in [1.54, 1.807) is 4.57 Å². The molecule has 1 saturated heterocycles. The van der Waals surface area contributed by atoms with Crippen LogP contribution in [-0.4, -0.2) is 57.0 Å². The number of Topliss-reactive ketones (excluding diaryl/α,β-unsaturated/α-hetero) is 1. The Morgan fingerprint density at radius 3 is 2.57 bits per heavy atom. The van der Waals surface area contributed by atoms with E-state index in [9.17, 15) is 27.6 Å². The Labute approximate surface area is 240 Å². The van der Waals surface area contributed by atoms with Gasteiger partial charge in [0.25, 0.3) is 5.56 Å². The first kappa shape index (κ1) is 29.5. The number of fused-ring (bicyclic) bond motifs is 1. The molecule has 13 heteroatoms. The van der Waals surface area contributed by atoms with Crippen LogP contribution in [0.4, 0.5) is 24.5 Å². The third-order valence-electron chi connectivity index (χ3n) is 7.72. The standard InChI is InChI=1S/C29H34F3N7O3/c1-3-23-25(37-14-12-33-13-15-37)27(42)39-28(35-26(36-39)19-8-6-4-5-7-9-19)38(23)17-24(41)34-22-11-10-20(29(30,31)32)16-21(22)18(2)40/h8,10-11,16,33H,3-7,9,12-15,17H2,1-2H3,(H,34,41). The zero-order valence-electron chi connectivity index (χ0n) is 23.7. The number of rotatable bonds is 7. The number of nitrogens with zero attached hydrogens (tertiary/aromatic N) is 5. The lowest BCUT2D eigenvalue weighted by Crippen LogP contribution is -2.47. The van der Waals surface area contributed by atoms with Crippen LogP contribution in [0.3, 0.4) is 0 Å². The van der Waals surface area contributed by atoms with Crippen LogP contribution in [0, 0.1) is 0 Å². The highest BCUT2D eigenvalue weighted by atomic mass is 19.4. The van der Waals surface area contributed by atoms with Crippen LogP contribution < -0.4 is 21.1 Å². The number of halogens is 3. The van der Waals surface area contributed by atoms with Crippen LogP contribution >= 0.6 is 0 Å². The predicted octanol–water partition coefficient (Wildman–Crippen LogP) is 4.07. The minimum Gasteiger partial charge on any atom is -0.363 e. The first-order valence-electron chi connectivity index (χ1n) is 14.3. The fraction of sp³-hybridized carbons (Fsp3) is 0.483. The molecule has 2 N–H and O–H groups in total. The van der Waals surface area contributed by atoms with E-state index in [-0.39, 0.29) is 29.1 Å². The van der Waals surface area contributed by atoms with Gasteiger partial charge in [0.05, 0.1) is 16.9 Å². The summed E-state index contributed by atoms with van der Waals surface area (Å²) in [5.74, 6) is -0.535. The van der Waals surface area contributed by atoms with Crippen molar-refractivity contribution in [1.29, 1.82) is 0 Å². The second-order valence-corrected chi connectivity index (χ2v) is 10.6. The Morgan fingerprint density at radius 1 is 1.12 bits per heavy atom. The zero-order chi connectivity index (χ0) is 30.0. The quantitative estimate of drug-likeness (QED) is 0.402. The van der Waals surface area contributed by atoms with Gasteiger partial charge in [-0.05, 0) is 62.8 Å². The van der Waals surface area contributed by atoms with Gasteiger partial charge in [-0.15, -0.1) is 5.10 Å². The molecular formula is C29H34F3N7O3. The average molecular weight is 586 g/mol. The number of piperazine rings is 1. The average Bonchev–Trinajstić information content (AvgIpc) is 3.23. The molecule has 1 amide bonds. The largest absolute Gasteiger partial charge is 0.416 e. The van der Waals surface area contributed by atoms with Gasteiger partial charge in [0.2, 0.25) is 11.7 Å². The van der Waals surface area contributed by atoms with E-state index in [4.69, 9.17) is 4.98 Å². The number of carbonyl (C=O) groups excluding carboxylic acids is 2. The highest BCUT2D eigenvalue weighted by molar-refractivity contribution is 6.04. The number of allylic oxidation sites excluding steroid dienone is 2. The van der Waals surface area contributed by atoms with Crippen molar-refractivity contribution in [3.8, 4) is 0 Å². The Morgan fingerprint density at radius 2 is 1.88 bits per heavy atom. The predicted molar refractivity (Wildman–Crippen MR) is 153 cm³/mol. The molecule has 1 aromatic carbocycles. The Kier molecular flexibility index (Phi) is 8.48. The van der Waals surface area contributed by atoms with E-state index in [0.29, 0.717) is 49.8 Å². The van der Waals surface area contributed by atoms with Crippen molar-refractivity contribution in [2.75, 3.05) is 36.4 Å². The van der Waals surface area contributed by atoms with E-state index < -0.39 is 23.4 Å². The summed E-state index contributed by atoms with van der Waals surface area (Å²) in [5.41, 5.74) is 0.459. The van der Waals surface area contributed by atoms with E-state index in [1.807, 2.05) is 11.8 Å². The van der Waals surface area contributed by atoms with E-state index >= 15 is 0 Å². The smallest absolute Gasteiger partial charge is 0.363 e. The number of alkyl halides is 3. The number of carbonyl (C=O) groups is 2. The maximum Gasteiger partial charge on any atom is 0.416 e. The summed E-state index contributed by atoms with van der Waals surface area (Å²) in [6.07, 6.45) is 2.74. The SMILES string of the molecule is CCc1c(N2CCNCC2)c(=O)n2nc(C3=CCCCCC3)nc2n1CC(=O)Nc1ccc(C(F)(F)F)cc1C(C)=O. The third-order valence-corrected chi connectivity index (χ3v) is 7.72. The summed E-state index contributed by atoms with van der Waals surface area (Å²) in [5, 5.41) is 10.5. The highest BCUT2D eigenvalue weighted by Crippen LogP contribution is 2.32. The monoisotopic (exact) mass is 585 g/mol. The number of anilines is 2. The molecule has 0 spiro atoms. The van der Waals surface area contributed by atoms with Crippen molar-refractivity contribution >= 4 is 34.4 Å². The number of hydrogen-bond donors (Lipinski definition) is 2. The molecular weight excluding hydrogens is 551 g/mol. The van der Waals surface area contributed by atoms with Crippen LogP contribution in [0.1, 0.15) is 73.4 Å². The summed E-state index contributed by atoms with van der Waals surface area (Å²) in [6.45, 7) is 5.32. The Bertz CT molecular complexity index is 1600. The molecule has 224 valence electrons. The molecule has 3 heterocycles. The van der Waals surface area contributed by atoms with Gasteiger partial charge in [0, 0.05) is 31.7 Å². The molecule has 0 bridgehead atoms. The van der Waals surface area contributed by atoms with Crippen molar-refractivity contribution in [3.05, 3.63) is 57.3 Å². The van der Waals surface area contributed by atoms with E-state index in [1.165, 1.54) is 4.52 Å². The van der Waals surface area contributed by atoms with Crippen LogP contribution in [0.5, 0.6) is 0 Å². The minimum absolute atomic E-state index is 0.0243. The highest BCUT2D eigenvalue weighted by Gasteiger charge is 2.32. The molecule has 3 aromatic rings. The van der Waals surface area contributed by atoms with Gasteiger partial charge in [0.1, 0.15) is 12.2 Å². The van der Waals surface area contributed by atoms with Gasteiger partial charge in [-0.2, -0.15) is 22.7 Å². The summed E-state index contributed by atoms with van der Waals surface area (Å²) in [6, 6.07) is 2.64. The lowest BCUT2D eigenvalue weighted by atomic mass is 10.0. The second-order valence-electron chi connectivity index (χ2n) is 10.6. The van der Waals surface area contributed by atoms with E-state index in [0.717, 1.165) is 62.8 Å². The summed E-state index contributed by atoms with van der Waals surface area (Å²) in [4.78, 5) is 46.2. The molecule has 2 aromatic heterocycles. The van der Waals surface area contributed by atoms with Gasteiger partial charge in [-0.1, -0.05) is 19.4 Å².